The Morgan fingerprint density at radius 1 is 1.09 bits per heavy atom. The van der Waals surface area contributed by atoms with Crippen LogP contribution in [0.4, 0.5) is 14.9 Å². The standard InChI is InChI=1S/C24H30Cl2FN3O4/c1-15(12-30(16(2)14-31)24(33)28-21-7-5-20(27)6-8-21)22(34-4)13-29(3)23(32)17-9-18(25)11-19(26)10-17/h5-11,15-16,22,31H,12-14H2,1-4H3,(H,28,33)/t15-,16-,22-/m0/s1. The third-order valence-corrected chi connectivity index (χ3v) is 5.92. The Bertz CT molecular complexity index is 957. The number of benzene rings is 2. The number of methoxy groups -OCH3 is 1. The summed E-state index contributed by atoms with van der Waals surface area (Å²) in [5, 5.41) is 13.1. The fourth-order valence-electron chi connectivity index (χ4n) is 3.46. The smallest absolute Gasteiger partial charge is 0.322 e. The fraction of sp³-hybridized carbons (Fsp3) is 0.417. The zero-order valence-electron chi connectivity index (χ0n) is 19.6. The summed E-state index contributed by atoms with van der Waals surface area (Å²) in [4.78, 5) is 28.7. The summed E-state index contributed by atoms with van der Waals surface area (Å²) < 4.78 is 18.8. The second-order valence-electron chi connectivity index (χ2n) is 8.22. The highest BCUT2D eigenvalue weighted by Crippen LogP contribution is 2.21. The molecule has 0 heterocycles. The molecule has 2 N–H and O–H groups in total. The van der Waals surface area contributed by atoms with Gasteiger partial charge in [0.15, 0.2) is 0 Å². The van der Waals surface area contributed by atoms with Crippen molar-refractivity contribution in [3.05, 3.63) is 63.9 Å². The molecular formula is C24H30Cl2FN3O4. The third kappa shape index (κ3) is 7.84. The Kier molecular flexibility index (Phi) is 10.6. The van der Waals surface area contributed by atoms with Crippen LogP contribution in [0.1, 0.15) is 24.2 Å². The molecule has 0 bridgehead atoms. The highest BCUT2D eigenvalue weighted by atomic mass is 35.5. The van der Waals surface area contributed by atoms with Crippen LogP contribution in [-0.2, 0) is 4.74 Å². The number of nitrogens with zero attached hydrogens (tertiary/aromatic N) is 2. The predicted octanol–water partition coefficient (Wildman–Crippen LogP) is 4.77. The van der Waals surface area contributed by atoms with Gasteiger partial charge in [0.05, 0.1) is 18.8 Å². The molecule has 0 aliphatic heterocycles. The van der Waals surface area contributed by atoms with E-state index in [4.69, 9.17) is 27.9 Å². The zero-order valence-corrected chi connectivity index (χ0v) is 21.1. The molecule has 0 fully saturated rings. The molecule has 2 aromatic carbocycles. The van der Waals surface area contributed by atoms with Crippen molar-refractivity contribution in [2.45, 2.75) is 26.0 Å². The summed E-state index contributed by atoms with van der Waals surface area (Å²) in [7, 11) is 3.18. The lowest BCUT2D eigenvalue weighted by atomic mass is 10.0. The van der Waals surface area contributed by atoms with Crippen LogP contribution in [0, 0.1) is 11.7 Å². The summed E-state index contributed by atoms with van der Waals surface area (Å²) in [5.74, 6) is -0.877. The van der Waals surface area contributed by atoms with Gasteiger partial charge in [0, 0.05) is 54.5 Å². The van der Waals surface area contributed by atoms with Gasteiger partial charge in [-0.25, -0.2) is 9.18 Å². The number of urea groups is 1. The molecule has 0 saturated carbocycles. The first-order chi connectivity index (χ1) is 16.0. The summed E-state index contributed by atoms with van der Waals surface area (Å²) in [5.41, 5.74) is 0.791. The molecule has 0 radical (unpaired) electrons. The van der Waals surface area contributed by atoms with Gasteiger partial charge in [-0.2, -0.15) is 0 Å². The zero-order chi connectivity index (χ0) is 25.4. The van der Waals surface area contributed by atoms with Crippen LogP contribution in [0.25, 0.3) is 0 Å². The number of hydrogen-bond acceptors (Lipinski definition) is 4. The van der Waals surface area contributed by atoms with Gasteiger partial charge in [0.1, 0.15) is 5.82 Å². The molecule has 0 spiro atoms. The van der Waals surface area contributed by atoms with Crippen LogP contribution in [0.3, 0.4) is 0 Å². The summed E-state index contributed by atoms with van der Waals surface area (Å²) in [6.45, 7) is 3.87. The summed E-state index contributed by atoms with van der Waals surface area (Å²) >= 11 is 12.0. The van der Waals surface area contributed by atoms with Gasteiger partial charge in [-0.15, -0.1) is 0 Å². The van der Waals surface area contributed by atoms with Gasteiger partial charge in [-0.05, 0) is 49.4 Å². The number of aliphatic hydroxyl groups is 1. The molecular weight excluding hydrogens is 484 g/mol. The first kappa shape index (κ1) is 27.9. The van der Waals surface area contributed by atoms with E-state index < -0.39 is 24.0 Å². The normalized spacial score (nSPS) is 13.6. The van der Waals surface area contributed by atoms with Crippen LogP contribution in [0.15, 0.2) is 42.5 Å². The molecule has 0 saturated heterocycles. The summed E-state index contributed by atoms with van der Waals surface area (Å²) in [6, 6.07) is 9.13. The average Bonchev–Trinajstić information content (AvgIpc) is 2.80. The van der Waals surface area contributed by atoms with Crippen molar-refractivity contribution in [2.24, 2.45) is 5.92 Å². The van der Waals surface area contributed by atoms with E-state index in [-0.39, 0.29) is 31.5 Å². The number of carbonyl (C=O) groups excluding carboxylic acids is 2. The number of ether oxygens (including phenoxy) is 1. The minimum atomic E-state index is -0.478. The number of amides is 3. The van der Waals surface area contributed by atoms with Gasteiger partial charge >= 0.3 is 6.03 Å². The first-order valence-corrected chi connectivity index (χ1v) is 11.5. The van der Waals surface area contributed by atoms with E-state index in [1.807, 2.05) is 6.92 Å². The maximum atomic E-state index is 13.2. The van der Waals surface area contributed by atoms with E-state index in [9.17, 15) is 19.1 Å². The van der Waals surface area contributed by atoms with E-state index in [1.165, 1.54) is 41.2 Å². The molecule has 2 aromatic rings. The number of anilines is 1. The maximum absolute atomic E-state index is 13.2. The van der Waals surface area contributed by atoms with E-state index in [0.29, 0.717) is 21.3 Å². The van der Waals surface area contributed by atoms with Gasteiger partial charge in [0.2, 0.25) is 0 Å². The first-order valence-electron chi connectivity index (χ1n) is 10.7. The van der Waals surface area contributed by atoms with Crippen molar-refractivity contribution in [3.8, 4) is 0 Å². The Balaban J connectivity index is 2.09. The molecule has 3 atom stereocenters. The lowest BCUT2D eigenvalue weighted by molar-refractivity contribution is 0.0183. The van der Waals surface area contributed by atoms with Crippen LogP contribution in [-0.4, -0.2) is 72.8 Å². The van der Waals surface area contributed by atoms with Crippen molar-refractivity contribution in [1.82, 2.24) is 9.80 Å². The van der Waals surface area contributed by atoms with Crippen LogP contribution < -0.4 is 5.32 Å². The van der Waals surface area contributed by atoms with Crippen LogP contribution in [0.2, 0.25) is 10.0 Å². The minimum Gasteiger partial charge on any atom is -0.394 e. The molecule has 7 nitrogen and oxygen atoms in total. The molecule has 186 valence electrons. The summed E-state index contributed by atoms with van der Waals surface area (Å²) in [6.07, 6.45) is -0.407. The number of hydrogen-bond donors (Lipinski definition) is 2. The van der Waals surface area contributed by atoms with Gasteiger partial charge in [-0.1, -0.05) is 30.1 Å². The second-order valence-corrected chi connectivity index (χ2v) is 9.09. The Labute approximate surface area is 209 Å². The van der Waals surface area contributed by atoms with Crippen molar-refractivity contribution in [3.63, 3.8) is 0 Å². The van der Waals surface area contributed by atoms with Crippen molar-refractivity contribution >= 4 is 40.8 Å². The number of likely N-dealkylation sites (N-methyl/N-ethyl adjacent to an activating group) is 1. The van der Waals surface area contributed by atoms with Crippen molar-refractivity contribution in [2.75, 3.05) is 39.2 Å². The number of aliphatic hydroxyl groups excluding tert-OH is 1. The molecule has 3 amide bonds. The molecule has 0 aliphatic carbocycles. The van der Waals surface area contributed by atoms with E-state index in [0.717, 1.165) is 0 Å². The third-order valence-electron chi connectivity index (χ3n) is 5.48. The van der Waals surface area contributed by atoms with E-state index in [1.54, 1.807) is 32.2 Å². The number of halogens is 3. The molecule has 34 heavy (non-hydrogen) atoms. The number of nitrogens with one attached hydrogen (secondary N) is 1. The predicted molar refractivity (Wildman–Crippen MR) is 132 cm³/mol. The SMILES string of the molecule is CO[C@@H](CN(C)C(=O)c1cc(Cl)cc(Cl)c1)[C@@H](C)CN(C(=O)Nc1ccc(F)cc1)[C@@H](C)CO. The Hall–Kier alpha value is -2.39. The largest absolute Gasteiger partial charge is 0.394 e. The average molecular weight is 514 g/mol. The van der Waals surface area contributed by atoms with Crippen molar-refractivity contribution < 1.29 is 23.8 Å². The van der Waals surface area contributed by atoms with Gasteiger partial charge in [0.25, 0.3) is 5.91 Å². The Morgan fingerprint density at radius 2 is 1.68 bits per heavy atom. The molecule has 0 aromatic heterocycles. The van der Waals surface area contributed by atoms with Gasteiger partial charge in [-0.3, -0.25) is 4.79 Å². The highest BCUT2D eigenvalue weighted by molar-refractivity contribution is 6.35. The van der Waals surface area contributed by atoms with Crippen LogP contribution in [0.5, 0.6) is 0 Å². The van der Waals surface area contributed by atoms with E-state index >= 15 is 0 Å². The number of rotatable bonds is 10. The van der Waals surface area contributed by atoms with Crippen molar-refractivity contribution in [1.29, 1.82) is 0 Å². The Morgan fingerprint density at radius 3 is 2.21 bits per heavy atom. The molecule has 10 heteroatoms. The lowest BCUT2D eigenvalue weighted by Gasteiger charge is -2.34. The highest BCUT2D eigenvalue weighted by Gasteiger charge is 2.28. The lowest BCUT2D eigenvalue weighted by Crippen LogP contribution is -2.48. The van der Waals surface area contributed by atoms with Gasteiger partial charge < -0.3 is 25.0 Å². The fourth-order valence-corrected chi connectivity index (χ4v) is 3.98. The van der Waals surface area contributed by atoms with Crippen LogP contribution >= 0.6 is 23.2 Å². The maximum Gasteiger partial charge on any atom is 0.322 e. The second kappa shape index (κ2) is 12.9. The number of carbonyl (C=O) groups is 2. The quantitative estimate of drug-likeness (QED) is 0.479. The molecule has 0 unspecified atom stereocenters. The monoisotopic (exact) mass is 513 g/mol. The van der Waals surface area contributed by atoms with E-state index in [2.05, 4.69) is 5.32 Å². The minimum absolute atomic E-state index is 0.198. The topological polar surface area (TPSA) is 82.1 Å². The molecule has 2 rings (SSSR count). The molecule has 0 aliphatic rings.